The first-order valence-electron chi connectivity index (χ1n) is 7.15. The normalized spacial score (nSPS) is 25.8. The predicted molar refractivity (Wildman–Crippen MR) is 83.7 cm³/mol. The van der Waals surface area contributed by atoms with Gasteiger partial charge in [0.2, 0.25) is 0 Å². The smallest absolute Gasteiger partial charge is 0.137 e. The van der Waals surface area contributed by atoms with Crippen LogP contribution in [0.25, 0.3) is 0 Å². The van der Waals surface area contributed by atoms with E-state index in [1.54, 1.807) is 6.92 Å². The molecule has 0 N–H and O–H groups in total. The van der Waals surface area contributed by atoms with Gasteiger partial charge in [-0.1, -0.05) is 11.6 Å². The summed E-state index contributed by atoms with van der Waals surface area (Å²) in [5.74, 6) is 4.56. The first-order valence-corrected chi connectivity index (χ1v) is 7.15. The molecule has 0 saturated heterocycles. The fourth-order valence-electron chi connectivity index (χ4n) is 2.57. The van der Waals surface area contributed by atoms with E-state index in [0.717, 1.165) is 12.3 Å². The van der Waals surface area contributed by atoms with Gasteiger partial charge in [0, 0.05) is 17.8 Å². The van der Waals surface area contributed by atoms with Crippen molar-refractivity contribution in [2.24, 2.45) is 0 Å². The van der Waals surface area contributed by atoms with Crippen molar-refractivity contribution < 1.29 is 4.79 Å². The number of hydrogen-bond donors (Lipinski definition) is 0. The Morgan fingerprint density at radius 3 is 1.90 bits per heavy atom. The van der Waals surface area contributed by atoms with Crippen LogP contribution in [0.4, 0.5) is 0 Å². The minimum atomic E-state index is 0.123. The van der Waals surface area contributed by atoms with Gasteiger partial charge in [-0.15, -0.1) is 0 Å². The zero-order valence-electron chi connectivity index (χ0n) is 12.0. The molecule has 0 aliphatic heterocycles. The highest BCUT2D eigenvalue weighted by molar-refractivity contribution is 5.96. The minimum absolute atomic E-state index is 0.123. The van der Waals surface area contributed by atoms with Gasteiger partial charge in [-0.3, -0.25) is 4.79 Å². The largest absolute Gasteiger partial charge is 0.299 e. The van der Waals surface area contributed by atoms with Crippen molar-refractivity contribution in [1.29, 1.82) is 0 Å². The third kappa shape index (κ3) is 3.79. The molecule has 21 heavy (non-hydrogen) atoms. The number of Topliss-reactive ketones (excluding diaryl/α,β-unsaturated/α-hetero) is 1. The molecule has 0 bridgehead atoms. The third-order valence-electron chi connectivity index (χ3n) is 3.71. The predicted octanol–water partition coefficient (Wildman–Crippen LogP) is 3.48. The Labute approximate surface area is 130 Å². The molecule has 3 saturated carbocycles. The molecular weight excluding hydrogens is 256 g/mol. The lowest BCUT2D eigenvalue weighted by Gasteiger charge is -2.20. The van der Waals surface area contributed by atoms with Crippen LogP contribution in [0.3, 0.4) is 0 Å². The van der Waals surface area contributed by atoms with Gasteiger partial charge in [0.15, 0.2) is 0 Å². The molecule has 15 radical (unpaired) electrons. The summed E-state index contributed by atoms with van der Waals surface area (Å²) in [5.41, 5.74) is 1.25. The van der Waals surface area contributed by atoms with Crippen LogP contribution in [-0.2, 0) is 4.79 Å². The lowest BCUT2D eigenvalue weighted by molar-refractivity contribution is -0.114. The van der Waals surface area contributed by atoms with Crippen molar-refractivity contribution in [3.63, 3.8) is 0 Å². The zero-order valence-corrected chi connectivity index (χ0v) is 12.0. The van der Waals surface area contributed by atoms with E-state index in [-0.39, 0.29) is 5.78 Å². The molecule has 0 aromatic rings. The van der Waals surface area contributed by atoms with E-state index in [4.69, 9.17) is 0 Å². The van der Waals surface area contributed by atoms with E-state index < -0.39 is 0 Å². The molecule has 0 spiro atoms. The number of carbonyl (C=O) groups excluding carboxylic acids is 1. The summed E-state index contributed by atoms with van der Waals surface area (Å²) in [6.07, 6.45) is 25.7. The Morgan fingerprint density at radius 1 is 0.857 bits per heavy atom. The molecule has 0 heterocycles. The number of allylic oxidation sites excluding steroid dienone is 2. The molecule has 1 heteroatoms. The molecule has 0 unspecified atom stereocenters. The van der Waals surface area contributed by atoms with Crippen molar-refractivity contribution in [2.75, 3.05) is 0 Å². The van der Waals surface area contributed by atoms with Crippen LogP contribution in [-0.4, -0.2) is 5.78 Å². The summed E-state index contributed by atoms with van der Waals surface area (Å²) < 4.78 is 0. The number of hydrogen-bond acceptors (Lipinski definition) is 1. The summed E-state index contributed by atoms with van der Waals surface area (Å²) in [5, 5.41) is 0. The van der Waals surface area contributed by atoms with E-state index in [0.29, 0.717) is 0 Å². The van der Waals surface area contributed by atoms with Crippen molar-refractivity contribution in [2.45, 2.75) is 13.3 Å². The summed E-state index contributed by atoms with van der Waals surface area (Å²) >= 11 is 0. The maximum atomic E-state index is 11.4. The van der Waals surface area contributed by atoms with E-state index in [1.165, 1.54) is 23.3 Å². The molecule has 0 aromatic carbocycles. The van der Waals surface area contributed by atoms with E-state index in [1.807, 2.05) is 19.3 Å². The van der Waals surface area contributed by atoms with E-state index >= 15 is 0 Å². The number of ketones is 1. The molecule has 0 amide bonds. The summed E-state index contributed by atoms with van der Waals surface area (Å²) in [6, 6.07) is 0. The van der Waals surface area contributed by atoms with E-state index in [9.17, 15) is 4.79 Å². The fourth-order valence-corrected chi connectivity index (χ4v) is 2.57. The number of carbonyl (C=O) groups is 1. The lowest BCUT2D eigenvalue weighted by atomic mass is 9.83. The van der Waals surface area contributed by atoms with Crippen LogP contribution in [0, 0.1) is 94.3 Å². The van der Waals surface area contributed by atoms with Crippen molar-refractivity contribution in [3.05, 3.63) is 106 Å². The minimum Gasteiger partial charge on any atom is -0.299 e. The maximum absolute atomic E-state index is 11.4. The highest BCUT2D eigenvalue weighted by atomic mass is 16.1. The Hall–Kier alpha value is -0.590. The second kappa shape index (κ2) is 7.11. The molecular formula is C20H17O. The maximum Gasteiger partial charge on any atom is 0.137 e. The Morgan fingerprint density at radius 2 is 1.43 bits per heavy atom. The van der Waals surface area contributed by atoms with Gasteiger partial charge in [-0.25, -0.2) is 0 Å². The molecule has 3 aliphatic carbocycles. The van der Waals surface area contributed by atoms with E-state index in [2.05, 4.69) is 57.4 Å². The van der Waals surface area contributed by atoms with Crippen LogP contribution in [0.2, 0.25) is 0 Å². The van der Waals surface area contributed by atoms with Gasteiger partial charge in [-0.05, 0) is 89.9 Å². The second-order valence-corrected chi connectivity index (χ2v) is 5.23. The van der Waals surface area contributed by atoms with Crippen LogP contribution >= 0.6 is 0 Å². The lowest BCUT2D eigenvalue weighted by Crippen LogP contribution is -2.08. The highest BCUT2D eigenvalue weighted by Crippen LogP contribution is 2.42. The second-order valence-electron chi connectivity index (χ2n) is 5.23. The van der Waals surface area contributed by atoms with Gasteiger partial charge < -0.3 is 0 Å². The topological polar surface area (TPSA) is 17.1 Å². The number of rotatable bonds is 5. The van der Waals surface area contributed by atoms with Gasteiger partial charge in [0.05, 0.1) is 0 Å². The van der Waals surface area contributed by atoms with Gasteiger partial charge in [0.25, 0.3) is 0 Å². The van der Waals surface area contributed by atoms with Crippen LogP contribution in [0.5, 0.6) is 0 Å². The first kappa shape index (κ1) is 15.3. The standard InChI is InChI=1S/C20H17O/c1-15(21)19-12-10-16(14-19)11-13-20(17-6-2-3-7-17)18-8-4-5-9-18/h2-10,12-14H,11H2,1H3. The highest BCUT2D eigenvalue weighted by Gasteiger charge is 2.32. The quantitative estimate of drug-likeness (QED) is 0.749. The zero-order chi connectivity index (χ0) is 14.7. The van der Waals surface area contributed by atoms with Gasteiger partial charge in [0.1, 0.15) is 5.78 Å². The van der Waals surface area contributed by atoms with Crippen molar-refractivity contribution >= 4 is 5.78 Å². The summed E-state index contributed by atoms with van der Waals surface area (Å²) in [4.78, 5) is 11.4. The van der Waals surface area contributed by atoms with Crippen LogP contribution in [0.1, 0.15) is 13.3 Å². The monoisotopic (exact) mass is 273 g/mol. The Bertz CT molecular complexity index is 365. The fraction of sp³-hybridized carbons (Fsp3) is 0.100. The summed E-state index contributed by atoms with van der Waals surface area (Å²) in [7, 11) is 0. The molecule has 103 valence electrons. The molecule has 3 rings (SSSR count). The third-order valence-corrected chi connectivity index (χ3v) is 3.71. The van der Waals surface area contributed by atoms with Gasteiger partial charge >= 0.3 is 0 Å². The first-order chi connectivity index (χ1) is 10.2. The molecule has 3 fully saturated rings. The molecule has 3 aliphatic rings. The average Bonchev–Trinajstić information content (AvgIpc) is 3.22. The Kier molecular flexibility index (Phi) is 5.19. The molecule has 1 nitrogen and oxygen atoms in total. The van der Waals surface area contributed by atoms with Gasteiger partial charge in [-0.2, -0.15) is 0 Å². The summed E-state index contributed by atoms with van der Waals surface area (Å²) in [6.45, 7) is 1.61. The van der Waals surface area contributed by atoms with Crippen LogP contribution in [0.15, 0.2) is 11.6 Å². The molecule has 0 atom stereocenters. The van der Waals surface area contributed by atoms with Crippen molar-refractivity contribution in [1.82, 2.24) is 0 Å². The van der Waals surface area contributed by atoms with Crippen LogP contribution < -0.4 is 0 Å². The van der Waals surface area contributed by atoms with Crippen molar-refractivity contribution in [3.8, 4) is 0 Å². The Balaban J connectivity index is 1.61. The molecule has 0 aromatic heterocycles. The SMILES string of the molecule is CC(=O)[C]1[CH][CH][C](CC=C([C]2[CH][CH][CH][CH]2)[C]2[CH][CH][CH][CH]2)[CH]1. The average molecular weight is 273 g/mol.